The molecule has 132 valence electrons. The summed E-state index contributed by atoms with van der Waals surface area (Å²) in [6.45, 7) is 4.79. The number of benzene rings is 2. The van der Waals surface area contributed by atoms with Crippen LogP contribution in [-0.4, -0.2) is 31.6 Å². The second-order valence-corrected chi connectivity index (χ2v) is 7.25. The van der Waals surface area contributed by atoms with Crippen LogP contribution in [0.4, 0.5) is 0 Å². The lowest BCUT2D eigenvalue weighted by atomic mass is 9.96. The van der Waals surface area contributed by atoms with Crippen LogP contribution in [0.1, 0.15) is 20.8 Å². The van der Waals surface area contributed by atoms with E-state index in [1.807, 2.05) is 42.5 Å². The predicted octanol–water partition coefficient (Wildman–Crippen LogP) is 4.59. The molecule has 3 aromatic rings. The number of carbonyl (C=O) groups excluding carboxylic acids is 1. The molecule has 1 amide bonds. The highest BCUT2D eigenvalue weighted by molar-refractivity contribution is 7.20. The molecule has 0 atom stereocenters. The van der Waals surface area contributed by atoms with Crippen molar-refractivity contribution in [2.75, 3.05) is 20.8 Å². The first-order valence-corrected chi connectivity index (χ1v) is 9.18. The summed E-state index contributed by atoms with van der Waals surface area (Å²) in [4.78, 5) is 15.6. The minimum atomic E-state index is -0.00312. The molecule has 0 N–H and O–H groups in total. The number of amides is 1. The average molecular weight is 365 g/mol. The second kappa shape index (κ2) is 6.50. The van der Waals surface area contributed by atoms with Gasteiger partial charge in [0.15, 0.2) is 11.5 Å². The smallest absolute Gasteiger partial charge is 0.268 e. The zero-order valence-electron chi connectivity index (χ0n) is 14.7. The molecule has 0 unspecified atom stereocenters. The van der Waals surface area contributed by atoms with Gasteiger partial charge in [-0.3, -0.25) is 4.79 Å². The molecule has 4 rings (SSSR count). The fourth-order valence-corrected chi connectivity index (χ4v) is 4.37. The summed E-state index contributed by atoms with van der Waals surface area (Å²) in [5, 5.41) is 1.09. The van der Waals surface area contributed by atoms with Gasteiger partial charge in [-0.2, -0.15) is 0 Å². The molecule has 0 fully saturated rings. The first-order valence-electron chi connectivity index (χ1n) is 8.37. The summed E-state index contributed by atoms with van der Waals surface area (Å²) in [6, 6.07) is 13.9. The molecule has 0 saturated carbocycles. The molecule has 0 bridgehead atoms. The summed E-state index contributed by atoms with van der Waals surface area (Å²) in [7, 11) is 3.23. The molecule has 0 aliphatic carbocycles. The Balaban J connectivity index is 1.69. The topological polar surface area (TPSA) is 38.8 Å². The van der Waals surface area contributed by atoms with Crippen LogP contribution >= 0.6 is 11.3 Å². The minimum absolute atomic E-state index is 0.00312. The summed E-state index contributed by atoms with van der Waals surface area (Å²) in [5.74, 6) is 1.34. The SMILES string of the molecule is C=C1c2cc(OC)c(OC)cc2CCN1C(=O)c1cc2ccccc2s1. The van der Waals surface area contributed by atoms with Crippen molar-refractivity contribution < 1.29 is 14.3 Å². The van der Waals surface area contributed by atoms with Crippen molar-refractivity contribution in [2.45, 2.75) is 6.42 Å². The van der Waals surface area contributed by atoms with Crippen LogP contribution < -0.4 is 9.47 Å². The van der Waals surface area contributed by atoms with Crippen LogP contribution in [0.2, 0.25) is 0 Å². The van der Waals surface area contributed by atoms with E-state index in [9.17, 15) is 4.79 Å². The van der Waals surface area contributed by atoms with Gasteiger partial charge in [-0.05, 0) is 41.6 Å². The zero-order valence-corrected chi connectivity index (χ0v) is 15.6. The van der Waals surface area contributed by atoms with Crippen LogP contribution in [0, 0.1) is 0 Å². The van der Waals surface area contributed by atoms with Crippen LogP contribution in [0.5, 0.6) is 11.5 Å². The summed E-state index contributed by atoms with van der Waals surface area (Å²) in [5.41, 5.74) is 2.76. The van der Waals surface area contributed by atoms with Gasteiger partial charge in [0.05, 0.1) is 19.1 Å². The highest BCUT2D eigenvalue weighted by atomic mass is 32.1. The second-order valence-electron chi connectivity index (χ2n) is 6.17. The molecular weight excluding hydrogens is 346 g/mol. The van der Waals surface area contributed by atoms with Crippen molar-refractivity contribution in [2.24, 2.45) is 0 Å². The number of rotatable bonds is 3. The predicted molar refractivity (Wildman–Crippen MR) is 105 cm³/mol. The quantitative estimate of drug-likeness (QED) is 0.681. The lowest BCUT2D eigenvalue weighted by Crippen LogP contribution is -2.34. The number of nitrogens with zero attached hydrogens (tertiary/aromatic N) is 1. The maximum absolute atomic E-state index is 13.1. The number of ether oxygens (including phenoxy) is 2. The molecule has 1 aromatic heterocycles. The Bertz CT molecular complexity index is 988. The average Bonchev–Trinajstić information content (AvgIpc) is 3.11. The molecule has 0 saturated heterocycles. The number of carbonyl (C=O) groups is 1. The van der Waals surface area contributed by atoms with E-state index in [-0.39, 0.29) is 5.91 Å². The Morgan fingerprint density at radius 2 is 1.85 bits per heavy atom. The van der Waals surface area contributed by atoms with Gasteiger partial charge in [-0.15, -0.1) is 11.3 Å². The van der Waals surface area contributed by atoms with E-state index in [2.05, 4.69) is 6.58 Å². The number of hydrogen-bond donors (Lipinski definition) is 0. The molecule has 0 spiro atoms. The molecular formula is C21H19NO3S. The molecule has 5 heteroatoms. The Kier molecular flexibility index (Phi) is 4.17. The van der Waals surface area contributed by atoms with E-state index in [1.165, 1.54) is 11.3 Å². The summed E-state index contributed by atoms with van der Waals surface area (Å²) < 4.78 is 11.9. The third kappa shape index (κ3) is 2.65. The van der Waals surface area contributed by atoms with Gasteiger partial charge in [0.1, 0.15) is 0 Å². The van der Waals surface area contributed by atoms with Crippen molar-refractivity contribution in [1.82, 2.24) is 4.90 Å². The molecule has 2 heterocycles. The normalized spacial score (nSPS) is 13.6. The van der Waals surface area contributed by atoms with Crippen molar-refractivity contribution in [3.8, 4) is 11.5 Å². The highest BCUT2D eigenvalue weighted by Crippen LogP contribution is 2.38. The maximum Gasteiger partial charge on any atom is 0.268 e. The minimum Gasteiger partial charge on any atom is -0.493 e. The van der Waals surface area contributed by atoms with Crippen molar-refractivity contribution in [3.05, 3.63) is 65.0 Å². The Morgan fingerprint density at radius 3 is 2.58 bits per heavy atom. The van der Waals surface area contributed by atoms with Gasteiger partial charge in [0.25, 0.3) is 5.91 Å². The number of fused-ring (bicyclic) bond motifs is 2. The van der Waals surface area contributed by atoms with Gasteiger partial charge < -0.3 is 14.4 Å². The lowest BCUT2D eigenvalue weighted by Gasteiger charge is -2.31. The van der Waals surface area contributed by atoms with E-state index >= 15 is 0 Å². The van der Waals surface area contributed by atoms with Crippen molar-refractivity contribution in [1.29, 1.82) is 0 Å². The Morgan fingerprint density at radius 1 is 1.12 bits per heavy atom. The van der Waals surface area contributed by atoms with E-state index < -0.39 is 0 Å². The Hall–Kier alpha value is -2.79. The maximum atomic E-state index is 13.1. The summed E-state index contributed by atoms with van der Waals surface area (Å²) >= 11 is 1.52. The van der Waals surface area contributed by atoms with Gasteiger partial charge in [0, 0.05) is 22.5 Å². The first-order chi connectivity index (χ1) is 12.6. The van der Waals surface area contributed by atoms with Gasteiger partial charge in [-0.1, -0.05) is 24.8 Å². The monoisotopic (exact) mass is 365 g/mol. The van der Waals surface area contributed by atoms with E-state index in [0.717, 1.165) is 32.5 Å². The molecule has 2 aromatic carbocycles. The number of thiophene rings is 1. The first kappa shape index (κ1) is 16.7. The van der Waals surface area contributed by atoms with Gasteiger partial charge in [-0.25, -0.2) is 0 Å². The van der Waals surface area contributed by atoms with Crippen LogP contribution in [0.3, 0.4) is 0 Å². The third-order valence-corrected chi connectivity index (χ3v) is 5.84. The van der Waals surface area contributed by atoms with E-state index in [0.29, 0.717) is 23.7 Å². The standard InChI is InChI=1S/C21H19NO3S/c1-13-16-12-18(25-3)17(24-2)10-14(16)8-9-22(13)21(23)20-11-15-6-4-5-7-19(15)26-20/h4-7,10-12H,1,8-9H2,2-3H3. The van der Waals surface area contributed by atoms with E-state index in [1.54, 1.807) is 19.1 Å². The molecule has 0 radical (unpaired) electrons. The molecule has 26 heavy (non-hydrogen) atoms. The molecule has 4 nitrogen and oxygen atoms in total. The zero-order chi connectivity index (χ0) is 18.3. The third-order valence-electron chi connectivity index (χ3n) is 4.73. The lowest BCUT2D eigenvalue weighted by molar-refractivity contribution is 0.0838. The largest absolute Gasteiger partial charge is 0.493 e. The molecule has 1 aliphatic heterocycles. The molecule has 1 aliphatic rings. The fraction of sp³-hybridized carbons (Fsp3) is 0.190. The van der Waals surface area contributed by atoms with Crippen LogP contribution in [0.15, 0.2) is 49.0 Å². The fourth-order valence-electron chi connectivity index (χ4n) is 3.35. The Labute approximate surface area is 156 Å². The van der Waals surface area contributed by atoms with Gasteiger partial charge >= 0.3 is 0 Å². The van der Waals surface area contributed by atoms with Crippen molar-refractivity contribution >= 4 is 33.0 Å². The summed E-state index contributed by atoms with van der Waals surface area (Å²) in [6.07, 6.45) is 0.755. The highest BCUT2D eigenvalue weighted by Gasteiger charge is 2.28. The van der Waals surface area contributed by atoms with Crippen molar-refractivity contribution in [3.63, 3.8) is 0 Å². The van der Waals surface area contributed by atoms with Gasteiger partial charge in [0.2, 0.25) is 0 Å². The van der Waals surface area contributed by atoms with Crippen LogP contribution in [0.25, 0.3) is 15.8 Å². The number of hydrogen-bond acceptors (Lipinski definition) is 4. The number of methoxy groups -OCH3 is 2. The van der Waals surface area contributed by atoms with E-state index in [4.69, 9.17) is 9.47 Å². The van der Waals surface area contributed by atoms with Crippen LogP contribution in [-0.2, 0) is 6.42 Å².